The zero-order valence-electron chi connectivity index (χ0n) is 8.87. The smallest absolute Gasteiger partial charge is 0.0599 e. The lowest BCUT2D eigenvalue weighted by atomic mass is 9.99. The second-order valence-corrected chi connectivity index (χ2v) is 4.40. The molecule has 2 heterocycles. The fourth-order valence-corrected chi connectivity index (χ4v) is 2.20. The third-order valence-corrected chi connectivity index (χ3v) is 3.24. The molecule has 2 saturated heterocycles. The summed E-state index contributed by atoms with van der Waals surface area (Å²) in [5.41, 5.74) is 0. The van der Waals surface area contributed by atoms with Gasteiger partial charge in [-0.1, -0.05) is 0 Å². The first-order chi connectivity index (χ1) is 6.95. The molecule has 0 spiro atoms. The van der Waals surface area contributed by atoms with Crippen molar-refractivity contribution in [1.82, 2.24) is 10.6 Å². The molecular weight excluding hydrogens is 176 g/mol. The lowest BCUT2D eigenvalue weighted by molar-refractivity contribution is 0.00606. The lowest BCUT2D eigenvalue weighted by Gasteiger charge is -2.27. The molecule has 0 bridgehead atoms. The summed E-state index contributed by atoms with van der Waals surface area (Å²) in [5.74, 6) is 0.780. The first kappa shape index (κ1) is 10.4. The van der Waals surface area contributed by atoms with Crippen LogP contribution in [0, 0.1) is 5.92 Å². The van der Waals surface area contributed by atoms with Gasteiger partial charge in [-0.3, -0.25) is 0 Å². The summed E-state index contributed by atoms with van der Waals surface area (Å²) in [6.45, 7) is 5.34. The Balaban J connectivity index is 1.60. The van der Waals surface area contributed by atoms with E-state index in [1.807, 2.05) is 0 Å². The minimum Gasteiger partial charge on any atom is -0.378 e. The van der Waals surface area contributed by atoms with Crippen LogP contribution in [-0.4, -0.2) is 38.9 Å². The molecule has 0 amide bonds. The molecular formula is C11H21N2O. The van der Waals surface area contributed by atoms with Gasteiger partial charge in [0.15, 0.2) is 0 Å². The number of piperidine rings is 2. The zero-order valence-corrected chi connectivity index (χ0v) is 8.87. The average Bonchev–Trinajstić information content (AvgIpc) is 2.29. The summed E-state index contributed by atoms with van der Waals surface area (Å²) < 4.78 is 5.94. The number of ether oxygens (including phenoxy) is 1. The Kier molecular flexibility index (Phi) is 4.22. The van der Waals surface area contributed by atoms with E-state index in [2.05, 4.69) is 10.6 Å². The molecule has 1 radical (unpaired) electrons. The highest BCUT2D eigenvalue weighted by molar-refractivity contribution is 4.71. The number of hydrogen-bond donors (Lipinski definition) is 1. The van der Waals surface area contributed by atoms with Crippen molar-refractivity contribution in [2.24, 2.45) is 5.92 Å². The van der Waals surface area contributed by atoms with Crippen molar-refractivity contribution in [3.8, 4) is 0 Å². The maximum absolute atomic E-state index is 5.94. The van der Waals surface area contributed by atoms with E-state index >= 15 is 0 Å². The highest BCUT2D eigenvalue weighted by Crippen LogP contribution is 2.15. The van der Waals surface area contributed by atoms with Crippen LogP contribution in [0.3, 0.4) is 0 Å². The van der Waals surface area contributed by atoms with Gasteiger partial charge < -0.3 is 10.1 Å². The van der Waals surface area contributed by atoms with Crippen LogP contribution < -0.4 is 10.6 Å². The minimum absolute atomic E-state index is 0.523. The van der Waals surface area contributed by atoms with Gasteiger partial charge in [0.1, 0.15) is 0 Å². The Morgan fingerprint density at radius 1 is 1.07 bits per heavy atom. The maximum Gasteiger partial charge on any atom is 0.0599 e. The number of hydrogen-bond acceptors (Lipinski definition) is 2. The fourth-order valence-electron chi connectivity index (χ4n) is 2.20. The van der Waals surface area contributed by atoms with E-state index in [1.165, 1.54) is 25.7 Å². The molecule has 0 unspecified atom stereocenters. The monoisotopic (exact) mass is 197 g/mol. The normalized spacial score (nSPS) is 26.6. The summed E-state index contributed by atoms with van der Waals surface area (Å²) >= 11 is 0. The van der Waals surface area contributed by atoms with Gasteiger partial charge in [0.05, 0.1) is 6.10 Å². The van der Waals surface area contributed by atoms with Gasteiger partial charge in [0, 0.05) is 19.7 Å². The summed E-state index contributed by atoms with van der Waals surface area (Å²) in [6, 6.07) is 0. The molecule has 0 aromatic rings. The van der Waals surface area contributed by atoms with Crippen LogP contribution in [0.2, 0.25) is 0 Å². The first-order valence-electron chi connectivity index (χ1n) is 5.91. The predicted molar refractivity (Wildman–Crippen MR) is 56.4 cm³/mol. The molecule has 0 aliphatic carbocycles. The third-order valence-electron chi connectivity index (χ3n) is 3.24. The Morgan fingerprint density at radius 2 is 1.79 bits per heavy atom. The van der Waals surface area contributed by atoms with Gasteiger partial charge in [0.2, 0.25) is 0 Å². The van der Waals surface area contributed by atoms with Crippen LogP contribution in [0.5, 0.6) is 0 Å². The van der Waals surface area contributed by atoms with E-state index in [1.54, 1.807) is 0 Å². The van der Waals surface area contributed by atoms with Gasteiger partial charge in [-0.15, -0.1) is 0 Å². The second kappa shape index (κ2) is 5.69. The van der Waals surface area contributed by atoms with Gasteiger partial charge in [-0.2, -0.15) is 0 Å². The van der Waals surface area contributed by atoms with Crippen molar-refractivity contribution in [2.75, 3.05) is 32.8 Å². The molecule has 3 nitrogen and oxygen atoms in total. The van der Waals surface area contributed by atoms with Crippen molar-refractivity contribution in [3.63, 3.8) is 0 Å². The standard InChI is InChI=1S/C11H21N2O/c1-5-12-6-2-10(1)9-14-11-3-7-13-8-4-11/h10-11,13H,1-9H2. The van der Waals surface area contributed by atoms with Gasteiger partial charge in [0.25, 0.3) is 0 Å². The van der Waals surface area contributed by atoms with E-state index < -0.39 is 0 Å². The third kappa shape index (κ3) is 3.23. The zero-order chi connectivity index (χ0) is 9.64. The predicted octanol–water partition coefficient (Wildman–Crippen LogP) is 0.769. The van der Waals surface area contributed by atoms with E-state index in [0.29, 0.717) is 6.10 Å². The van der Waals surface area contributed by atoms with Crippen molar-refractivity contribution in [3.05, 3.63) is 0 Å². The molecule has 2 aliphatic heterocycles. The van der Waals surface area contributed by atoms with Crippen molar-refractivity contribution in [2.45, 2.75) is 31.8 Å². The highest BCUT2D eigenvalue weighted by atomic mass is 16.5. The molecule has 2 fully saturated rings. The van der Waals surface area contributed by atoms with Crippen LogP contribution in [0.1, 0.15) is 25.7 Å². The quantitative estimate of drug-likeness (QED) is 0.725. The molecule has 1 N–H and O–H groups in total. The summed E-state index contributed by atoms with van der Waals surface area (Å²) in [4.78, 5) is 0. The van der Waals surface area contributed by atoms with Gasteiger partial charge in [-0.25, -0.2) is 5.32 Å². The molecule has 3 heteroatoms. The van der Waals surface area contributed by atoms with Crippen molar-refractivity contribution in [1.29, 1.82) is 0 Å². The Hall–Kier alpha value is -0.120. The van der Waals surface area contributed by atoms with Crippen molar-refractivity contribution >= 4 is 0 Å². The summed E-state index contributed by atoms with van der Waals surface area (Å²) in [5, 5.41) is 7.71. The van der Waals surface area contributed by atoms with Gasteiger partial charge in [-0.05, 0) is 44.7 Å². The first-order valence-corrected chi connectivity index (χ1v) is 5.91. The topological polar surface area (TPSA) is 35.4 Å². The van der Waals surface area contributed by atoms with E-state index in [-0.39, 0.29) is 0 Å². The van der Waals surface area contributed by atoms with Gasteiger partial charge >= 0.3 is 0 Å². The summed E-state index contributed by atoms with van der Waals surface area (Å²) in [7, 11) is 0. The fraction of sp³-hybridized carbons (Fsp3) is 1.00. The summed E-state index contributed by atoms with van der Waals surface area (Å²) in [6.07, 6.45) is 5.39. The van der Waals surface area contributed by atoms with E-state index in [9.17, 15) is 0 Å². The largest absolute Gasteiger partial charge is 0.378 e. The average molecular weight is 197 g/mol. The molecule has 81 valence electrons. The Bertz CT molecular complexity index is 133. The molecule has 2 aliphatic rings. The van der Waals surface area contributed by atoms with Crippen LogP contribution in [0.25, 0.3) is 0 Å². The highest BCUT2D eigenvalue weighted by Gasteiger charge is 2.18. The molecule has 0 atom stereocenters. The van der Waals surface area contributed by atoms with Crippen LogP contribution in [-0.2, 0) is 4.74 Å². The Labute approximate surface area is 86.6 Å². The van der Waals surface area contributed by atoms with Crippen LogP contribution >= 0.6 is 0 Å². The molecule has 14 heavy (non-hydrogen) atoms. The van der Waals surface area contributed by atoms with Crippen LogP contribution in [0.15, 0.2) is 0 Å². The van der Waals surface area contributed by atoms with E-state index in [0.717, 1.165) is 38.7 Å². The number of nitrogens with one attached hydrogen (secondary N) is 1. The maximum atomic E-state index is 5.94. The molecule has 0 aromatic heterocycles. The molecule has 2 rings (SSSR count). The SMILES string of the molecule is C1CC(COC2CCNCC2)CC[N]1. The Morgan fingerprint density at radius 3 is 2.50 bits per heavy atom. The minimum atomic E-state index is 0.523. The number of nitrogens with zero attached hydrogens (tertiary/aromatic N) is 1. The second-order valence-electron chi connectivity index (χ2n) is 4.40. The number of rotatable bonds is 3. The van der Waals surface area contributed by atoms with Crippen molar-refractivity contribution < 1.29 is 4.74 Å². The molecule has 0 saturated carbocycles. The molecule has 0 aromatic carbocycles. The van der Waals surface area contributed by atoms with Crippen LogP contribution in [0.4, 0.5) is 0 Å². The lowest BCUT2D eigenvalue weighted by Crippen LogP contribution is -2.34. The van der Waals surface area contributed by atoms with E-state index in [4.69, 9.17) is 4.74 Å².